The smallest absolute Gasteiger partial charge is 0.270 e. The van der Waals surface area contributed by atoms with Crippen molar-refractivity contribution in [3.63, 3.8) is 0 Å². The molecule has 4 heterocycles. The number of ether oxygens (including phenoxy) is 1. The number of hydrogen-bond donors (Lipinski definition) is 1. The van der Waals surface area contributed by atoms with Crippen molar-refractivity contribution < 1.29 is 14.3 Å². The van der Waals surface area contributed by atoms with Gasteiger partial charge in [-0.2, -0.15) is 5.10 Å². The maximum atomic E-state index is 12.6. The molecule has 150 valence electrons. The minimum atomic E-state index is -0.337. The van der Waals surface area contributed by atoms with Gasteiger partial charge in [-0.25, -0.2) is 0 Å². The molecule has 0 aromatic carbocycles. The Kier molecular flexibility index (Phi) is 5.21. The van der Waals surface area contributed by atoms with Gasteiger partial charge in [0.2, 0.25) is 5.91 Å². The minimum absolute atomic E-state index is 0.0145. The Balaban J connectivity index is 1.30. The summed E-state index contributed by atoms with van der Waals surface area (Å²) in [6, 6.07) is 5.57. The number of morpholine rings is 1. The van der Waals surface area contributed by atoms with Crippen molar-refractivity contribution in [2.45, 2.75) is 38.3 Å². The van der Waals surface area contributed by atoms with Gasteiger partial charge in [-0.1, -0.05) is 0 Å². The van der Waals surface area contributed by atoms with E-state index in [1.54, 1.807) is 12.3 Å². The van der Waals surface area contributed by atoms with Crippen LogP contribution in [0.4, 0.5) is 0 Å². The summed E-state index contributed by atoms with van der Waals surface area (Å²) in [6.07, 6.45) is 5.63. The Bertz CT molecular complexity index is 821. The van der Waals surface area contributed by atoms with Crippen molar-refractivity contribution in [3.8, 4) is 0 Å². The Hall–Kier alpha value is -2.61. The first-order valence-electron chi connectivity index (χ1n) is 9.89. The lowest BCUT2D eigenvalue weighted by Gasteiger charge is -2.47. The zero-order valence-corrected chi connectivity index (χ0v) is 16.3. The average Bonchev–Trinajstić information content (AvgIpc) is 3.38. The molecule has 2 fully saturated rings. The molecule has 2 saturated heterocycles. The second kappa shape index (κ2) is 7.79. The van der Waals surface area contributed by atoms with Crippen LogP contribution in [-0.4, -0.2) is 74.8 Å². The third-order valence-corrected chi connectivity index (χ3v) is 5.72. The fourth-order valence-corrected chi connectivity index (χ4v) is 4.07. The summed E-state index contributed by atoms with van der Waals surface area (Å²) in [5.41, 5.74) is 1.23. The van der Waals surface area contributed by atoms with Crippen LogP contribution >= 0.6 is 0 Å². The number of likely N-dealkylation sites (tertiary alicyclic amines) is 1. The van der Waals surface area contributed by atoms with Crippen LogP contribution < -0.4 is 0 Å². The van der Waals surface area contributed by atoms with Gasteiger partial charge in [0.15, 0.2) is 0 Å². The molecule has 0 aliphatic carbocycles. The van der Waals surface area contributed by atoms with E-state index in [4.69, 9.17) is 4.74 Å². The van der Waals surface area contributed by atoms with E-state index < -0.39 is 0 Å². The van der Waals surface area contributed by atoms with Crippen LogP contribution in [0.5, 0.6) is 0 Å². The molecule has 1 N–H and O–H groups in total. The quantitative estimate of drug-likeness (QED) is 0.863. The molecule has 2 amide bonds. The Morgan fingerprint density at radius 2 is 2.04 bits per heavy atom. The SMILES string of the molecule is Cc1ccn(CCC(=O)N2CCC3(CC2)CN(C(=O)c2ccc[nH]2)CCO3)n1. The number of aromatic amines is 1. The second-order valence-corrected chi connectivity index (χ2v) is 7.69. The van der Waals surface area contributed by atoms with Gasteiger partial charge >= 0.3 is 0 Å². The fourth-order valence-electron chi connectivity index (χ4n) is 4.07. The molecule has 0 atom stereocenters. The molecule has 1 spiro atoms. The molecular formula is C20H27N5O3. The number of H-pyrrole nitrogens is 1. The van der Waals surface area contributed by atoms with Crippen LogP contribution in [0.2, 0.25) is 0 Å². The van der Waals surface area contributed by atoms with Gasteiger partial charge in [-0.15, -0.1) is 0 Å². The molecule has 0 unspecified atom stereocenters. The van der Waals surface area contributed by atoms with Crippen molar-refractivity contribution in [1.29, 1.82) is 0 Å². The maximum Gasteiger partial charge on any atom is 0.270 e. The predicted molar refractivity (Wildman–Crippen MR) is 103 cm³/mol. The highest BCUT2D eigenvalue weighted by Gasteiger charge is 2.41. The van der Waals surface area contributed by atoms with E-state index in [1.165, 1.54) is 0 Å². The normalized spacial score (nSPS) is 19.2. The molecule has 0 radical (unpaired) electrons. The van der Waals surface area contributed by atoms with Gasteiger partial charge < -0.3 is 19.5 Å². The second-order valence-electron chi connectivity index (χ2n) is 7.69. The zero-order valence-electron chi connectivity index (χ0n) is 16.3. The van der Waals surface area contributed by atoms with E-state index in [1.807, 2.05) is 39.7 Å². The van der Waals surface area contributed by atoms with Crippen molar-refractivity contribution >= 4 is 11.8 Å². The van der Waals surface area contributed by atoms with Crippen LogP contribution in [0.15, 0.2) is 30.6 Å². The molecule has 2 aromatic heterocycles. The van der Waals surface area contributed by atoms with E-state index in [0.29, 0.717) is 51.4 Å². The lowest BCUT2D eigenvalue weighted by molar-refractivity contribution is -0.147. The highest BCUT2D eigenvalue weighted by molar-refractivity contribution is 5.92. The topological polar surface area (TPSA) is 83.5 Å². The van der Waals surface area contributed by atoms with Gasteiger partial charge in [0.1, 0.15) is 5.69 Å². The number of amides is 2. The molecular weight excluding hydrogens is 358 g/mol. The predicted octanol–water partition coefficient (Wildman–Crippen LogP) is 1.44. The zero-order chi connectivity index (χ0) is 19.6. The molecule has 8 heteroatoms. The van der Waals surface area contributed by atoms with E-state index in [9.17, 15) is 9.59 Å². The lowest BCUT2D eigenvalue weighted by Crippen LogP contribution is -2.58. The number of nitrogens with one attached hydrogen (secondary N) is 1. The third-order valence-electron chi connectivity index (χ3n) is 5.72. The van der Waals surface area contributed by atoms with E-state index in [2.05, 4.69) is 10.1 Å². The summed E-state index contributed by atoms with van der Waals surface area (Å²) < 4.78 is 7.92. The molecule has 8 nitrogen and oxygen atoms in total. The number of hydrogen-bond acceptors (Lipinski definition) is 4. The monoisotopic (exact) mass is 385 g/mol. The molecule has 28 heavy (non-hydrogen) atoms. The molecule has 2 aliphatic heterocycles. The van der Waals surface area contributed by atoms with E-state index in [0.717, 1.165) is 18.5 Å². The Morgan fingerprint density at radius 3 is 2.71 bits per heavy atom. The Labute approximate surface area is 164 Å². The first-order chi connectivity index (χ1) is 13.5. The van der Waals surface area contributed by atoms with E-state index >= 15 is 0 Å². The molecule has 0 saturated carbocycles. The Morgan fingerprint density at radius 1 is 1.21 bits per heavy atom. The average molecular weight is 385 g/mol. The highest BCUT2D eigenvalue weighted by atomic mass is 16.5. The van der Waals surface area contributed by atoms with Gasteiger partial charge in [0, 0.05) is 45.0 Å². The number of nitrogens with zero attached hydrogens (tertiary/aromatic N) is 4. The molecule has 2 aromatic rings. The first-order valence-corrected chi connectivity index (χ1v) is 9.89. The molecule has 2 aliphatic rings. The summed E-state index contributed by atoms with van der Waals surface area (Å²) in [6.45, 7) is 5.60. The maximum absolute atomic E-state index is 12.6. The van der Waals surface area contributed by atoms with Gasteiger partial charge in [-0.3, -0.25) is 14.3 Å². The highest BCUT2D eigenvalue weighted by Crippen LogP contribution is 2.31. The first kappa shape index (κ1) is 18.7. The summed E-state index contributed by atoms with van der Waals surface area (Å²) in [5.74, 6) is 0.166. The van der Waals surface area contributed by atoms with E-state index in [-0.39, 0.29) is 17.4 Å². The van der Waals surface area contributed by atoms with Gasteiger partial charge in [0.25, 0.3) is 5.91 Å². The number of carbonyl (C=O) groups is 2. The van der Waals surface area contributed by atoms with Gasteiger partial charge in [0.05, 0.1) is 24.4 Å². The minimum Gasteiger partial charge on any atom is -0.371 e. The van der Waals surface area contributed by atoms with Crippen LogP contribution in [0.25, 0.3) is 0 Å². The molecule has 4 rings (SSSR count). The largest absolute Gasteiger partial charge is 0.371 e. The summed E-state index contributed by atoms with van der Waals surface area (Å²) >= 11 is 0. The molecule has 0 bridgehead atoms. The van der Waals surface area contributed by atoms with Crippen LogP contribution in [0, 0.1) is 6.92 Å². The number of carbonyl (C=O) groups excluding carboxylic acids is 2. The van der Waals surface area contributed by atoms with Crippen molar-refractivity contribution in [2.24, 2.45) is 0 Å². The number of piperidine rings is 1. The van der Waals surface area contributed by atoms with Crippen LogP contribution in [-0.2, 0) is 16.1 Å². The van der Waals surface area contributed by atoms with Gasteiger partial charge in [-0.05, 0) is 38.0 Å². The van der Waals surface area contributed by atoms with Crippen molar-refractivity contribution in [1.82, 2.24) is 24.6 Å². The number of aryl methyl sites for hydroxylation is 2. The van der Waals surface area contributed by atoms with Crippen molar-refractivity contribution in [3.05, 3.63) is 42.0 Å². The standard InChI is InChI=1S/C20H27N5O3/c1-16-4-9-25(22-16)10-5-18(26)23-11-6-20(7-12-23)15-24(13-14-28-20)19(27)17-3-2-8-21-17/h2-4,8-9,21H,5-7,10-15H2,1H3. The summed E-state index contributed by atoms with van der Waals surface area (Å²) in [4.78, 5) is 32.0. The lowest BCUT2D eigenvalue weighted by atomic mass is 9.89. The summed E-state index contributed by atoms with van der Waals surface area (Å²) in [5, 5.41) is 4.33. The number of aromatic nitrogens is 3. The number of rotatable bonds is 4. The third kappa shape index (κ3) is 3.96. The van der Waals surface area contributed by atoms with Crippen LogP contribution in [0.3, 0.4) is 0 Å². The fraction of sp³-hybridized carbons (Fsp3) is 0.550. The summed E-state index contributed by atoms with van der Waals surface area (Å²) in [7, 11) is 0. The van der Waals surface area contributed by atoms with Crippen LogP contribution in [0.1, 0.15) is 35.4 Å². The van der Waals surface area contributed by atoms with Crippen molar-refractivity contribution in [2.75, 3.05) is 32.8 Å².